The number of rotatable bonds is 3. The lowest BCUT2D eigenvalue weighted by molar-refractivity contribution is -0.127. The van der Waals surface area contributed by atoms with Crippen LogP contribution in [0.1, 0.15) is 68.1 Å². The summed E-state index contributed by atoms with van der Waals surface area (Å²) in [6, 6.07) is 9.46. The second-order valence-electron chi connectivity index (χ2n) is 8.23. The van der Waals surface area contributed by atoms with Crippen molar-refractivity contribution in [2.75, 3.05) is 19.6 Å². The minimum atomic E-state index is -0.121. The van der Waals surface area contributed by atoms with E-state index in [0.717, 1.165) is 25.7 Å². The van der Waals surface area contributed by atoms with Gasteiger partial charge in [0.1, 0.15) is 0 Å². The first-order chi connectivity index (χ1) is 14.1. The van der Waals surface area contributed by atoms with Gasteiger partial charge >= 0.3 is 0 Å². The summed E-state index contributed by atoms with van der Waals surface area (Å²) < 4.78 is 0. The van der Waals surface area contributed by atoms with E-state index in [4.69, 9.17) is 0 Å². The lowest BCUT2D eigenvalue weighted by Gasteiger charge is -2.26. The van der Waals surface area contributed by atoms with Crippen molar-refractivity contribution in [3.05, 3.63) is 35.9 Å². The molecule has 2 aliphatic rings. The zero-order chi connectivity index (χ0) is 20.5. The van der Waals surface area contributed by atoms with E-state index < -0.39 is 0 Å². The molecule has 2 N–H and O–H groups in total. The SMILES string of the molecule is O=C1CCN(C(=O)c2ccccc2)CCCC(C(=O)NC2CCCCC2)CCN1. The fourth-order valence-electron chi connectivity index (χ4n) is 4.29. The maximum absolute atomic E-state index is 12.8. The summed E-state index contributed by atoms with van der Waals surface area (Å²) in [7, 11) is 0. The van der Waals surface area contributed by atoms with Crippen molar-refractivity contribution >= 4 is 17.7 Å². The first kappa shape index (κ1) is 21.3. The van der Waals surface area contributed by atoms with E-state index in [1.54, 1.807) is 17.0 Å². The van der Waals surface area contributed by atoms with Crippen molar-refractivity contribution in [2.45, 2.75) is 63.8 Å². The van der Waals surface area contributed by atoms with Crippen LogP contribution >= 0.6 is 0 Å². The average Bonchev–Trinajstić information content (AvgIpc) is 2.79. The van der Waals surface area contributed by atoms with Crippen LogP contribution in [-0.4, -0.2) is 48.3 Å². The fourth-order valence-corrected chi connectivity index (χ4v) is 4.29. The number of carbonyl (C=O) groups is 3. The highest BCUT2D eigenvalue weighted by Gasteiger charge is 2.24. The van der Waals surface area contributed by atoms with Crippen LogP contribution in [0.25, 0.3) is 0 Å². The summed E-state index contributed by atoms with van der Waals surface area (Å²) >= 11 is 0. The smallest absolute Gasteiger partial charge is 0.253 e. The molecule has 1 aromatic rings. The summed E-state index contributed by atoms with van der Waals surface area (Å²) in [4.78, 5) is 39.6. The molecule has 0 radical (unpaired) electrons. The second kappa shape index (κ2) is 11.0. The van der Waals surface area contributed by atoms with E-state index >= 15 is 0 Å². The minimum absolute atomic E-state index is 0.0548. The van der Waals surface area contributed by atoms with Crippen molar-refractivity contribution in [3.63, 3.8) is 0 Å². The third kappa shape index (κ3) is 6.58. The van der Waals surface area contributed by atoms with Crippen molar-refractivity contribution in [3.8, 4) is 0 Å². The van der Waals surface area contributed by atoms with E-state index in [1.807, 2.05) is 18.2 Å². The predicted molar refractivity (Wildman–Crippen MR) is 112 cm³/mol. The molecule has 0 bridgehead atoms. The predicted octanol–water partition coefficient (Wildman–Crippen LogP) is 2.88. The lowest BCUT2D eigenvalue weighted by Crippen LogP contribution is -2.41. The summed E-state index contributed by atoms with van der Waals surface area (Å²) in [6.07, 6.45) is 8.18. The molecule has 1 saturated carbocycles. The maximum atomic E-state index is 12.8. The summed E-state index contributed by atoms with van der Waals surface area (Å²) in [6.45, 7) is 1.47. The second-order valence-corrected chi connectivity index (χ2v) is 8.23. The third-order valence-electron chi connectivity index (χ3n) is 6.03. The third-order valence-corrected chi connectivity index (χ3v) is 6.03. The first-order valence-corrected chi connectivity index (χ1v) is 11.0. The normalized spacial score (nSPS) is 22.3. The molecule has 0 spiro atoms. The molecule has 29 heavy (non-hydrogen) atoms. The Kier molecular flexibility index (Phi) is 8.08. The van der Waals surface area contributed by atoms with Crippen LogP contribution in [0, 0.1) is 5.92 Å². The van der Waals surface area contributed by atoms with Gasteiger partial charge in [0.25, 0.3) is 5.91 Å². The quantitative estimate of drug-likeness (QED) is 0.820. The molecule has 3 rings (SSSR count). The number of nitrogens with one attached hydrogen (secondary N) is 2. The van der Waals surface area contributed by atoms with Crippen LogP contribution in [0.5, 0.6) is 0 Å². The number of amides is 3. The summed E-state index contributed by atoms with van der Waals surface area (Å²) in [5.74, 6) is -0.139. The molecule has 0 aromatic heterocycles. The molecule has 6 heteroatoms. The van der Waals surface area contributed by atoms with Gasteiger partial charge in [0.05, 0.1) is 0 Å². The van der Waals surface area contributed by atoms with Crippen molar-refractivity contribution in [1.29, 1.82) is 0 Å². The zero-order valence-corrected chi connectivity index (χ0v) is 17.2. The van der Waals surface area contributed by atoms with Crippen molar-refractivity contribution in [2.24, 2.45) is 5.92 Å². The van der Waals surface area contributed by atoms with Gasteiger partial charge in [0, 0.05) is 43.6 Å². The number of hydrogen-bond acceptors (Lipinski definition) is 3. The molecule has 2 fully saturated rings. The fraction of sp³-hybridized carbons (Fsp3) is 0.609. The maximum Gasteiger partial charge on any atom is 0.253 e. The zero-order valence-electron chi connectivity index (χ0n) is 17.2. The van der Waals surface area contributed by atoms with E-state index in [1.165, 1.54) is 19.3 Å². The van der Waals surface area contributed by atoms with E-state index in [0.29, 0.717) is 37.7 Å². The van der Waals surface area contributed by atoms with Crippen LogP contribution in [0.4, 0.5) is 0 Å². The van der Waals surface area contributed by atoms with Gasteiger partial charge in [-0.25, -0.2) is 0 Å². The van der Waals surface area contributed by atoms with E-state index in [9.17, 15) is 14.4 Å². The Balaban J connectivity index is 1.61. The topological polar surface area (TPSA) is 78.5 Å². The van der Waals surface area contributed by atoms with Crippen molar-refractivity contribution in [1.82, 2.24) is 15.5 Å². The van der Waals surface area contributed by atoms with Gasteiger partial charge < -0.3 is 15.5 Å². The molecule has 158 valence electrons. The standard InChI is InChI=1S/C23H33N3O3/c27-21-14-17-26(23(29)19-8-3-1-4-9-19)16-7-10-18(13-15-24-21)22(28)25-20-11-5-2-6-12-20/h1,3-4,8-9,18,20H,2,5-7,10-17H2,(H,24,27)(H,25,28). The van der Waals surface area contributed by atoms with Gasteiger partial charge in [-0.2, -0.15) is 0 Å². The molecular formula is C23H33N3O3. The number of benzene rings is 1. The van der Waals surface area contributed by atoms with Gasteiger partial charge in [-0.3, -0.25) is 14.4 Å². The van der Waals surface area contributed by atoms with E-state index in [-0.39, 0.29) is 30.1 Å². The molecule has 1 unspecified atom stereocenters. The molecule has 1 aliphatic heterocycles. The number of carbonyl (C=O) groups excluding carboxylic acids is 3. The Bertz CT molecular complexity index is 686. The Morgan fingerprint density at radius 3 is 2.45 bits per heavy atom. The van der Waals surface area contributed by atoms with Gasteiger partial charge in [-0.15, -0.1) is 0 Å². The van der Waals surface area contributed by atoms with Gasteiger partial charge in [0.2, 0.25) is 11.8 Å². The van der Waals surface area contributed by atoms with Crippen LogP contribution in [0.15, 0.2) is 30.3 Å². The number of hydrogen-bond donors (Lipinski definition) is 2. The van der Waals surface area contributed by atoms with E-state index in [2.05, 4.69) is 10.6 Å². The Morgan fingerprint density at radius 1 is 0.931 bits per heavy atom. The Morgan fingerprint density at radius 2 is 1.69 bits per heavy atom. The highest BCUT2D eigenvalue weighted by Crippen LogP contribution is 2.20. The Hall–Kier alpha value is -2.37. The lowest BCUT2D eigenvalue weighted by atomic mass is 9.93. The molecule has 1 saturated heterocycles. The van der Waals surface area contributed by atoms with Crippen molar-refractivity contribution < 1.29 is 14.4 Å². The highest BCUT2D eigenvalue weighted by atomic mass is 16.2. The highest BCUT2D eigenvalue weighted by molar-refractivity contribution is 5.94. The molecule has 1 aliphatic carbocycles. The summed E-state index contributed by atoms with van der Waals surface area (Å²) in [5, 5.41) is 6.14. The Labute approximate surface area is 173 Å². The molecule has 1 atom stereocenters. The molecular weight excluding hydrogens is 366 g/mol. The van der Waals surface area contributed by atoms with Gasteiger partial charge in [0.15, 0.2) is 0 Å². The van der Waals surface area contributed by atoms with Gasteiger partial charge in [-0.1, -0.05) is 37.5 Å². The molecule has 3 amide bonds. The number of nitrogens with zero attached hydrogens (tertiary/aromatic N) is 1. The monoisotopic (exact) mass is 399 g/mol. The summed E-state index contributed by atoms with van der Waals surface area (Å²) in [5.41, 5.74) is 0.634. The van der Waals surface area contributed by atoms with Crippen LogP contribution < -0.4 is 10.6 Å². The minimum Gasteiger partial charge on any atom is -0.356 e. The van der Waals surface area contributed by atoms with Crippen LogP contribution in [0.3, 0.4) is 0 Å². The van der Waals surface area contributed by atoms with Gasteiger partial charge in [-0.05, 0) is 44.2 Å². The largest absolute Gasteiger partial charge is 0.356 e. The molecule has 6 nitrogen and oxygen atoms in total. The van der Waals surface area contributed by atoms with Crippen LogP contribution in [0.2, 0.25) is 0 Å². The molecule has 1 heterocycles. The first-order valence-electron chi connectivity index (χ1n) is 11.0. The molecule has 1 aromatic carbocycles. The van der Waals surface area contributed by atoms with Crippen LogP contribution in [-0.2, 0) is 9.59 Å². The average molecular weight is 400 g/mol.